The number of nitrogens with zero attached hydrogens (tertiary/aromatic N) is 3. The molecule has 0 spiro atoms. The van der Waals surface area contributed by atoms with E-state index in [-0.39, 0.29) is 17.1 Å². The minimum atomic E-state index is -0.163. The molecule has 144 valence electrons. The molecule has 1 aliphatic carbocycles. The van der Waals surface area contributed by atoms with E-state index in [1.165, 1.54) is 28.8 Å². The molecule has 5 nitrogen and oxygen atoms in total. The molecule has 0 saturated carbocycles. The van der Waals surface area contributed by atoms with Gasteiger partial charge in [0, 0.05) is 18.5 Å². The van der Waals surface area contributed by atoms with Gasteiger partial charge in [-0.2, -0.15) is 0 Å². The maximum atomic E-state index is 13.2. The number of terminal acetylenes is 1. The van der Waals surface area contributed by atoms with Gasteiger partial charge in [-0.1, -0.05) is 23.8 Å². The number of aryl methyl sites for hydroxylation is 2. The Kier molecular flexibility index (Phi) is 6.65. The molecule has 28 heavy (non-hydrogen) atoms. The molecule has 7 heteroatoms. The van der Waals surface area contributed by atoms with E-state index in [4.69, 9.17) is 11.4 Å². The van der Waals surface area contributed by atoms with Gasteiger partial charge in [0.1, 0.15) is 10.5 Å². The molecule has 2 heterocycles. The SMILES string of the molecule is C#C/C=C\C(=N/C)C(=O)CSc1nc2sc3c(c2c(=O)n1CC=C)CCCC3. The molecular weight excluding hydrogens is 390 g/mol. The molecule has 0 radical (unpaired) electrons. The number of hydrogen-bond acceptors (Lipinski definition) is 6. The highest BCUT2D eigenvalue weighted by atomic mass is 32.2. The summed E-state index contributed by atoms with van der Waals surface area (Å²) in [7, 11) is 1.55. The van der Waals surface area contributed by atoms with Crippen LogP contribution < -0.4 is 5.56 Å². The van der Waals surface area contributed by atoms with E-state index in [1.54, 1.807) is 29.0 Å². The standard InChI is InChI=1S/C21H21N3O2S2/c1-4-6-10-15(22-3)16(25)13-27-21-23-19-18(20(26)24(21)12-5-2)14-9-7-8-11-17(14)28-19/h1,5-6,10H,2,7-9,11-13H2,3H3/b10-6-,22-15+. The number of aromatic nitrogens is 2. The lowest BCUT2D eigenvalue weighted by atomic mass is 9.97. The highest BCUT2D eigenvalue weighted by Crippen LogP contribution is 2.34. The fraction of sp³-hybridized carbons (Fsp3) is 0.333. The summed E-state index contributed by atoms with van der Waals surface area (Å²) >= 11 is 2.85. The predicted octanol–water partition coefficient (Wildman–Crippen LogP) is 3.44. The van der Waals surface area contributed by atoms with Crippen molar-refractivity contribution in [1.29, 1.82) is 0 Å². The van der Waals surface area contributed by atoms with Crippen molar-refractivity contribution in [2.75, 3.05) is 12.8 Å². The third-order valence-electron chi connectivity index (χ3n) is 4.55. The molecule has 0 saturated heterocycles. The molecule has 0 bridgehead atoms. The number of carbonyl (C=O) groups excluding carboxylic acids is 1. The zero-order valence-corrected chi connectivity index (χ0v) is 17.4. The van der Waals surface area contributed by atoms with Crippen LogP contribution in [-0.2, 0) is 24.2 Å². The summed E-state index contributed by atoms with van der Waals surface area (Å²) in [6.45, 7) is 4.11. The van der Waals surface area contributed by atoms with Crippen LogP contribution in [0, 0.1) is 12.3 Å². The molecule has 1 aliphatic rings. The largest absolute Gasteiger partial charge is 0.292 e. The summed E-state index contributed by atoms with van der Waals surface area (Å²) in [4.78, 5) is 36.4. The monoisotopic (exact) mass is 411 g/mol. The van der Waals surface area contributed by atoms with Gasteiger partial charge in [-0.3, -0.25) is 19.1 Å². The minimum absolute atomic E-state index is 0.0455. The number of Topliss-reactive ketones (excluding diaryl/α,β-unsaturated/α-hetero) is 1. The number of allylic oxidation sites excluding steroid dienone is 3. The van der Waals surface area contributed by atoms with Gasteiger partial charge in [-0.25, -0.2) is 4.98 Å². The van der Waals surface area contributed by atoms with Crippen molar-refractivity contribution in [3.05, 3.63) is 45.6 Å². The van der Waals surface area contributed by atoms with Gasteiger partial charge >= 0.3 is 0 Å². The van der Waals surface area contributed by atoms with E-state index in [2.05, 4.69) is 17.5 Å². The maximum absolute atomic E-state index is 13.2. The topological polar surface area (TPSA) is 64.3 Å². The predicted molar refractivity (Wildman–Crippen MR) is 118 cm³/mol. The van der Waals surface area contributed by atoms with Crippen molar-refractivity contribution < 1.29 is 4.79 Å². The van der Waals surface area contributed by atoms with Gasteiger partial charge in [0.05, 0.1) is 11.1 Å². The lowest BCUT2D eigenvalue weighted by molar-refractivity contribution is -0.110. The van der Waals surface area contributed by atoms with Crippen LogP contribution in [0.5, 0.6) is 0 Å². The summed E-state index contributed by atoms with van der Waals surface area (Å²) in [5.41, 5.74) is 1.42. The Hall–Kier alpha value is -2.43. The summed E-state index contributed by atoms with van der Waals surface area (Å²) in [5, 5.41) is 1.27. The average Bonchev–Trinajstić information content (AvgIpc) is 3.08. The van der Waals surface area contributed by atoms with Crippen LogP contribution in [0.3, 0.4) is 0 Å². The molecule has 3 rings (SSSR count). The number of ketones is 1. The summed E-state index contributed by atoms with van der Waals surface area (Å²) in [6.07, 6.45) is 14.0. The number of fused-ring (bicyclic) bond motifs is 3. The molecule has 2 aromatic rings. The van der Waals surface area contributed by atoms with Gasteiger partial charge in [0.2, 0.25) is 0 Å². The van der Waals surface area contributed by atoms with Crippen molar-refractivity contribution in [3.63, 3.8) is 0 Å². The molecule has 0 atom stereocenters. The Morgan fingerprint density at radius 1 is 1.46 bits per heavy atom. The lowest BCUT2D eigenvalue weighted by Gasteiger charge is -2.12. The van der Waals surface area contributed by atoms with Gasteiger partial charge in [-0.15, -0.1) is 24.3 Å². The zero-order valence-electron chi connectivity index (χ0n) is 15.7. The number of hydrogen-bond donors (Lipinski definition) is 0. The van der Waals surface area contributed by atoms with Gasteiger partial charge in [0.25, 0.3) is 5.56 Å². The van der Waals surface area contributed by atoms with E-state index < -0.39 is 0 Å². The zero-order chi connectivity index (χ0) is 20.1. The number of rotatable bonds is 7. The van der Waals surface area contributed by atoms with Crippen molar-refractivity contribution in [2.45, 2.75) is 37.4 Å². The van der Waals surface area contributed by atoms with Crippen LogP contribution in [0.25, 0.3) is 10.2 Å². The second-order valence-electron chi connectivity index (χ2n) is 6.31. The van der Waals surface area contributed by atoms with E-state index in [0.29, 0.717) is 17.4 Å². The van der Waals surface area contributed by atoms with E-state index in [9.17, 15) is 9.59 Å². The lowest BCUT2D eigenvalue weighted by Crippen LogP contribution is -2.24. The number of carbonyl (C=O) groups is 1. The highest BCUT2D eigenvalue weighted by Gasteiger charge is 2.22. The second kappa shape index (κ2) is 9.18. The van der Waals surface area contributed by atoms with Crippen LogP contribution in [0.15, 0.2) is 39.8 Å². The molecule has 0 fully saturated rings. The van der Waals surface area contributed by atoms with Crippen molar-refractivity contribution in [3.8, 4) is 12.3 Å². The van der Waals surface area contributed by atoms with Crippen LogP contribution in [-0.4, -0.2) is 33.8 Å². The third-order valence-corrected chi connectivity index (χ3v) is 6.71. The minimum Gasteiger partial charge on any atom is -0.292 e. The smallest absolute Gasteiger partial charge is 0.263 e. The fourth-order valence-electron chi connectivity index (χ4n) is 3.24. The van der Waals surface area contributed by atoms with Crippen molar-refractivity contribution in [1.82, 2.24) is 9.55 Å². The van der Waals surface area contributed by atoms with Gasteiger partial charge in [0.15, 0.2) is 10.9 Å². The summed E-state index contributed by atoms with van der Waals surface area (Å²) in [6, 6.07) is 0. The van der Waals surface area contributed by atoms with Gasteiger partial charge < -0.3 is 0 Å². The molecule has 0 aliphatic heterocycles. The number of aliphatic imine (C=N–C) groups is 1. The van der Waals surface area contributed by atoms with E-state index in [1.807, 2.05) is 0 Å². The molecule has 0 amide bonds. The molecule has 2 aromatic heterocycles. The number of thiophene rings is 1. The Morgan fingerprint density at radius 2 is 2.25 bits per heavy atom. The first-order valence-corrected chi connectivity index (χ1v) is 10.8. The fourth-order valence-corrected chi connectivity index (χ4v) is 5.43. The molecular formula is C21H21N3O2S2. The summed E-state index contributed by atoms with van der Waals surface area (Å²) in [5.74, 6) is 2.31. The van der Waals surface area contributed by atoms with E-state index in [0.717, 1.165) is 41.5 Å². The summed E-state index contributed by atoms with van der Waals surface area (Å²) < 4.78 is 1.61. The van der Waals surface area contributed by atoms with Crippen LogP contribution in [0.1, 0.15) is 23.3 Å². The van der Waals surface area contributed by atoms with Gasteiger partial charge in [-0.05, 0) is 43.4 Å². The Bertz CT molecular complexity index is 1080. The van der Waals surface area contributed by atoms with Crippen LogP contribution in [0.2, 0.25) is 0 Å². The third kappa shape index (κ3) is 4.03. The van der Waals surface area contributed by atoms with Crippen LogP contribution in [0.4, 0.5) is 0 Å². The first-order valence-electron chi connectivity index (χ1n) is 9.02. The first kappa shape index (κ1) is 20.3. The highest BCUT2D eigenvalue weighted by molar-refractivity contribution is 7.99. The van der Waals surface area contributed by atoms with Crippen LogP contribution >= 0.6 is 23.1 Å². The Morgan fingerprint density at radius 3 is 2.96 bits per heavy atom. The van der Waals surface area contributed by atoms with Crippen molar-refractivity contribution in [2.24, 2.45) is 4.99 Å². The Balaban J connectivity index is 1.96. The molecule has 0 aromatic carbocycles. The normalized spacial score (nSPS) is 14.2. The quantitative estimate of drug-likeness (QED) is 0.230. The first-order chi connectivity index (χ1) is 13.6. The Labute approximate surface area is 172 Å². The molecule has 0 unspecified atom stereocenters. The second-order valence-corrected chi connectivity index (χ2v) is 8.34. The van der Waals surface area contributed by atoms with Crippen molar-refractivity contribution >= 4 is 44.8 Å². The average molecular weight is 412 g/mol. The maximum Gasteiger partial charge on any atom is 0.263 e. The molecule has 0 N–H and O–H groups in total. The number of thioether (sulfide) groups is 1. The van der Waals surface area contributed by atoms with E-state index >= 15 is 0 Å².